The third kappa shape index (κ3) is 2.94. The zero-order chi connectivity index (χ0) is 10.6. The number of carbonyl (C=O) groups is 1. The molecule has 0 spiro atoms. The highest BCUT2D eigenvalue weighted by Crippen LogP contribution is 2.17. The number of hydrogen-bond acceptors (Lipinski definition) is 4. The molecule has 0 aliphatic carbocycles. The van der Waals surface area contributed by atoms with Crippen LogP contribution in [0.25, 0.3) is 0 Å². The lowest BCUT2D eigenvalue weighted by atomic mass is 10.2. The number of aliphatic carboxylic acids is 1. The van der Waals surface area contributed by atoms with Crippen LogP contribution in [0.5, 0.6) is 0 Å². The largest absolute Gasteiger partial charge is 0.480 e. The Labute approximate surface area is 83.3 Å². The van der Waals surface area contributed by atoms with E-state index < -0.39 is 18.1 Å². The molecule has 2 unspecified atom stereocenters. The second-order valence-corrected chi connectivity index (χ2v) is 3.60. The van der Waals surface area contributed by atoms with Gasteiger partial charge in [0.2, 0.25) is 0 Å². The highest BCUT2D eigenvalue weighted by atomic mass is 16.5. The summed E-state index contributed by atoms with van der Waals surface area (Å²) in [7, 11) is 1.52. The Balaban J connectivity index is 2.39. The van der Waals surface area contributed by atoms with E-state index >= 15 is 0 Å². The first-order valence-electron chi connectivity index (χ1n) is 4.79. The molecule has 0 bridgehead atoms. The fourth-order valence-corrected chi connectivity index (χ4v) is 1.84. The molecule has 0 aromatic carbocycles. The fraction of sp³-hybridized carbons (Fsp3) is 0.889. The zero-order valence-corrected chi connectivity index (χ0v) is 8.35. The molecule has 2 N–H and O–H groups in total. The number of hydrogen-bond donors (Lipinski definition) is 2. The Morgan fingerprint density at radius 2 is 2.43 bits per heavy atom. The summed E-state index contributed by atoms with van der Waals surface area (Å²) in [4.78, 5) is 12.6. The van der Waals surface area contributed by atoms with Crippen molar-refractivity contribution in [1.29, 1.82) is 0 Å². The van der Waals surface area contributed by atoms with E-state index in [1.54, 1.807) is 4.90 Å². The first-order chi connectivity index (χ1) is 6.65. The molecule has 1 aliphatic rings. The molecule has 0 radical (unpaired) electrons. The number of ether oxygens (including phenoxy) is 1. The van der Waals surface area contributed by atoms with Crippen LogP contribution in [0, 0.1) is 0 Å². The van der Waals surface area contributed by atoms with E-state index in [-0.39, 0.29) is 6.61 Å². The first kappa shape index (κ1) is 11.4. The second kappa shape index (κ2) is 5.29. The van der Waals surface area contributed by atoms with Gasteiger partial charge in [-0.05, 0) is 19.4 Å². The molecule has 0 aromatic heterocycles. The van der Waals surface area contributed by atoms with Crippen LogP contribution in [-0.2, 0) is 9.53 Å². The Morgan fingerprint density at radius 1 is 1.71 bits per heavy atom. The predicted octanol–water partition coefficient (Wildman–Crippen LogP) is -0.457. The highest BCUT2D eigenvalue weighted by molar-refractivity contribution is 5.73. The standard InChI is InChI=1S/C9H17NO4/c1-14-6-7(11)5-10-4-2-3-8(10)9(12)13/h7-8,11H,2-6H2,1H3,(H,12,13). The topological polar surface area (TPSA) is 70.0 Å². The molecule has 82 valence electrons. The summed E-state index contributed by atoms with van der Waals surface area (Å²) in [5.74, 6) is -0.799. The molecule has 1 rings (SSSR count). The molecule has 1 saturated heterocycles. The van der Waals surface area contributed by atoms with Crippen LogP contribution in [-0.4, -0.2) is 60.0 Å². The van der Waals surface area contributed by atoms with Gasteiger partial charge in [-0.3, -0.25) is 9.69 Å². The van der Waals surface area contributed by atoms with Crippen LogP contribution in [0.3, 0.4) is 0 Å². The summed E-state index contributed by atoms with van der Waals surface area (Å²) in [5, 5.41) is 18.3. The zero-order valence-electron chi connectivity index (χ0n) is 8.35. The van der Waals surface area contributed by atoms with E-state index in [9.17, 15) is 9.90 Å². The van der Waals surface area contributed by atoms with Crippen LogP contribution < -0.4 is 0 Å². The summed E-state index contributed by atoms with van der Waals surface area (Å²) >= 11 is 0. The van der Waals surface area contributed by atoms with Gasteiger partial charge in [-0.25, -0.2) is 0 Å². The smallest absolute Gasteiger partial charge is 0.320 e. The van der Waals surface area contributed by atoms with E-state index in [2.05, 4.69) is 0 Å². The van der Waals surface area contributed by atoms with Gasteiger partial charge in [0.25, 0.3) is 0 Å². The Morgan fingerprint density at radius 3 is 3.00 bits per heavy atom. The number of methoxy groups -OCH3 is 1. The van der Waals surface area contributed by atoms with Gasteiger partial charge >= 0.3 is 5.97 Å². The van der Waals surface area contributed by atoms with Crippen LogP contribution in [0.4, 0.5) is 0 Å². The average Bonchev–Trinajstić information content (AvgIpc) is 2.52. The third-order valence-electron chi connectivity index (χ3n) is 2.45. The Hall–Kier alpha value is -0.650. The molecule has 0 saturated carbocycles. The minimum Gasteiger partial charge on any atom is -0.480 e. The van der Waals surface area contributed by atoms with Crippen molar-refractivity contribution in [2.24, 2.45) is 0 Å². The predicted molar refractivity (Wildman–Crippen MR) is 50.1 cm³/mol. The van der Waals surface area contributed by atoms with Crippen molar-refractivity contribution in [3.05, 3.63) is 0 Å². The molecule has 0 aromatic rings. The van der Waals surface area contributed by atoms with Gasteiger partial charge in [-0.15, -0.1) is 0 Å². The van der Waals surface area contributed by atoms with Crippen molar-refractivity contribution in [3.8, 4) is 0 Å². The second-order valence-electron chi connectivity index (χ2n) is 3.60. The molecule has 1 fully saturated rings. The fourth-order valence-electron chi connectivity index (χ4n) is 1.84. The molecular weight excluding hydrogens is 186 g/mol. The normalized spacial score (nSPS) is 25.1. The van der Waals surface area contributed by atoms with Crippen molar-refractivity contribution >= 4 is 5.97 Å². The van der Waals surface area contributed by atoms with Crippen LogP contribution in [0.2, 0.25) is 0 Å². The lowest BCUT2D eigenvalue weighted by Gasteiger charge is -2.23. The SMILES string of the molecule is COCC(O)CN1CCCC1C(=O)O. The van der Waals surface area contributed by atoms with Crippen molar-refractivity contribution in [2.75, 3.05) is 26.8 Å². The number of aliphatic hydroxyl groups excluding tert-OH is 1. The molecule has 5 heteroatoms. The highest BCUT2D eigenvalue weighted by Gasteiger charge is 2.31. The molecule has 1 aliphatic heterocycles. The van der Waals surface area contributed by atoms with Crippen LogP contribution >= 0.6 is 0 Å². The molecular formula is C9H17NO4. The third-order valence-corrected chi connectivity index (χ3v) is 2.45. The van der Waals surface area contributed by atoms with Gasteiger partial charge in [0.05, 0.1) is 12.7 Å². The van der Waals surface area contributed by atoms with Gasteiger partial charge in [-0.2, -0.15) is 0 Å². The van der Waals surface area contributed by atoms with E-state index in [0.29, 0.717) is 13.0 Å². The summed E-state index contributed by atoms with van der Waals surface area (Å²) in [6.07, 6.45) is 0.964. The summed E-state index contributed by atoms with van der Waals surface area (Å²) in [5.41, 5.74) is 0. The maximum Gasteiger partial charge on any atom is 0.320 e. The maximum absolute atomic E-state index is 10.8. The molecule has 0 amide bonds. The minimum absolute atomic E-state index is 0.253. The van der Waals surface area contributed by atoms with Gasteiger partial charge in [0.15, 0.2) is 0 Å². The molecule has 5 nitrogen and oxygen atoms in total. The van der Waals surface area contributed by atoms with Crippen molar-refractivity contribution in [1.82, 2.24) is 4.90 Å². The van der Waals surface area contributed by atoms with Crippen molar-refractivity contribution in [3.63, 3.8) is 0 Å². The van der Waals surface area contributed by atoms with E-state index in [1.165, 1.54) is 7.11 Å². The summed E-state index contributed by atoms with van der Waals surface area (Å²) < 4.78 is 4.79. The Kier molecular flexibility index (Phi) is 4.31. The first-order valence-corrected chi connectivity index (χ1v) is 4.79. The monoisotopic (exact) mass is 203 g/mol. The number of carboxylic acids is 1. The van der Waals surface area contributed by atoms with E-state index in [1.807, 2.05) is 0 Å². The maximum atomic E-state index is 10.8. The van der Waals surface area contributed by atoms with Crippen LogP contribution in [0.15, 0.2) is 0 Å². The summed E-state index contributed by atoms with van der Waals surface area (Å²) in [6, 6.07) is -0.429. The quantitative estimate of drug-likeness (QED) is 0.633. The number of β-amino-alcohol motifs (C(OH)–C–C–N with tert-alkyl or cyclic N) is 1. The van der Waals surface area contributed by atoms with Crippen molar-refractivity contribution < 1.29 is 19.7 Å². The number of carboxylic acid groups (broad SMARTS) is 1. The lowest BCUT2D eigenvalue weighted by Crippen LogP contribution is -2.41. The van der Waals surface area contributed by atoms with E-state index in [4.69, 9.17) is 9.84 Å². The van der Waals surface area contributed by atoms with Gasteiger partial charge in [-0.1, -0.05) is 0 Å². The van der Waals surface area contributed by atoms with Crippen LogP contribution in [0.1, 0.15) is 12.8 Å². The van der Waals surface area contributed by atoms with Gasteiger partial charge < -0.3 is 14.9 Å². The average molecular weight is 203 g/mol. The lowest BCUT2D eigenvalue weighted by molar-refractivity contribution is -0.142. The number of nitrogens with zero attached hydrogens (tertiary/aromatic N) is 1. The number of rotatable bonds is 5. The Bertz CT molecular complexity index is 197. The molecule has 1 heterocycles. The van der Waals surface area contributed by atoms with Gasteiger partial charge in [0.1, 0.15) is 6.04 Å². The number of aliphatic hydroxyl groups is 1. The number of likely N-dealkylation sites (tertiary alicyclic amines) is 1. The van der Waals surface area contributed by atoms with E-state index in [0.717, 1.165) is 13.0 Å². The van der Waals surface area contributed by atoms with Crippen molar-refractivity contribution in [2.45, 2.75) is 25.0 Å². The molecule has 2 atom stereocenters. The summed E-state index contributed by atoms with van der Waals surface area (Å²) in [6.45, 7) is 1.38. The molecule has 14 heavy (non-hydrogen) atoms. The van der Waals surface area contributed by atoms with Gasteiger partial charge in [0, 0.05) is 13.7 Å². The minimum atomic E-state index is -0.799.